The lowest BCUT2D eigenvalue weighted by atomic mass is 9.70. The molecule has 4 unspecified atom stereocenters. The van der Waals surface area contributed by atoms with Gasteiger partial charge in [-0.2, -0.15) is 0 Å². The first-order chi connectivity index (χ1) is 36.1. The molecule has 0 heterocycles. The Hall–Kier alpha value is -8.32. The predicted octanol–water partition coefficient (Wildman–Crippen LogP) is 18.6. The van der Waals surface area contributed by atoms with Gasteiger partial charge < -0.3 is 0 Å². The van der Waals surface area contributed by atoms with Crippen molar-refractivity contribution in [3.8, 4) is 66.8 Å². The van der Waals surface area contributed by atoms with E-state index in [1.165, 1.54) is 135 Å². The van der Waals surface area contributed by atoms with Crippen molar-refractivity contribution >= 4 is 10.8 Å². The van der Waals surface area contributed by atoms with Crippen LogP contribution in [0.5, 0.6) is 0 Å². The van der Waals surface area contributed by atoms with Gasteiger partial charge in [0.05, 0.1) is 5.41 Å². The third-order valence-corrected chi connectivity index (χ3v) is 18.0. The average Bonchev–Trinajstić information content (AvgIpc) is 4.39. The number of hydrogen-bond acceptors (Lipinski definition) is 0. The predicted molar refractivity (Wildman–Crippen MR) is 303 cm³/mol. The van der Waals surface area contributed by atoms with Crippen LogP contribution in [0.1, 0.15) is 97.7 Å². The first-order valence-electron chi connectivity index (χ1n) is 26.6. The molecule has 0 radical (unpaired) electrons. The van der Waals surface area contributed by atoms with Gasteiger partial charge in [0.1, 0.15) is 0 Å². The van der Waals surface area contributed by atoms with E-state index in [0.29, 0.717) is 11.8 Å². The Balaban J connectivity index is 0.000000172. The highest BCUT2D eigenvalue weighted by Crippen LogP contribution is 2.66. The smallest absolute Gasteiger partial charge is 0.0619 e. The highest BCUT2D eigenvalue weighted by molar-refractivity contribution is 6.01. The maximum absolute atomic E-state index is 2.54. The van der Waals surface area contributed by atoms with Crippen molar-refractivity contribution < 1.29 is 0 Å². The van der Waals surface area contributed by atoms with E-state index in [1.807, 2.05) is 0 Å². The summed E-state index contributed by atoms with van der Waals surface area (Å²) in [7, 11) is 0. The molecule has 0 aromatic heterocycles. The Bertz CT molecular complexity index is 4040. The van der Waals surface area contributed by atoms with E-state index in [0.717, 1.165) is 18.3 Å². The molecule has 73 heavy (non-hydrogen) atoms. The molecular formula is C73H52. The van der Waals surface area contributed by atoms with E-state index < -0.39 is 0 Å². The summed E-state index contributed by atoms with van der Waals surface area (Å²) in [5.74, 6) is 2.75. The monoisotopic (exact) mass is 928 g/mol. The molecule has 0 amide bonds. The zero-order valence-electron chi connectivity index (χ0n) is 40.9. The van der Waals surface area contributed by atoms with Gasteiger partial charge in [-0.25, -0.2) is 0 Å². The number of hydrogen-bond donors (Lipinski definition) is 0. The van der Waals surface area contributed by atoms with Gasteiger partial charge in [-0.05, 0) is 183 Å². The molecule has 0 saturated heterocycles. The van der Waals surface area contributed by atoms with E-state index in [1.54, 1.807) is 16.7 Å². The van der Waals surface area contributed by atoms with Crippen LogP contribution in [0.15, 0.2) is 237 Å². The van der Waals surface area contributed by atoms with Gasteiger partial charge in [0.25, 0.3) is 0 Å². The fourth-order valence-electron chi connectivity index (χ4n) is 14.7. The third kappa shape index (κ3) is 5.96. The fourth-order valence-corrected chi connectivity index (χ4v) is 14.7. The minimum absolute atomic E-state index is 0.313. The molecule has 11 aromatic carbocycles. The van der Waals surface area contributed by atoms with Crippen molar-refractivity contribution in [2.45, 2.75) is 55.3 Å². The highest BCUT2D eigenvalue weighted by atomic mass is 14.5. The van der Waals surface area contributed by atoms with E-state index in [9.17, 15) is 0 Å². The maximum Gasteiger partial charge on any atom is 0.0725 e. The Labute approximate surface area is 428 Å². The quantitative estimate of drug-likeness (QED) is 0.165. The molecule has 0 nitrogen and oxygen atoms in total. The van der Waals surface area contributed by atoms with Gasteiger partial charge in [0.2, 0.25) is 0 Å². The van der Waals surface area contributed by atoms with Gasteiger partial charge in [-0.15, -0.1) is 0 Å². The zero-order chi connectivity index (χ0) is 47.9. The summed E-state index contributed by atoms with van der Waals surface area (Å²) in [6.07, 6.45) is 3.46. The molecule has 0 heteroatoms. The topological polar surface area (TPSA) is 0 Å². The van der Waals surface area contributed by atoms with E-state index in [2.05, 4.69) is 244 Å². The minimum Gasteiger partial charge on any atom is -0.0619 e. The molecule has 0 bridgehead atoms. The van der Waals surface area contributed by atoms with Crippen molar-refractivity contribution in [3.05, 3.63) is 298 Å². The number of aryl methyl sites for hydroxylation is 1. The fraction of sp³-hybridized carbons (Fsp3) is 0.123. The van der Waals surface area contributed by atoms with Crippen molar-refractivity contribution in [2.24, 2.45) is 0 Å². The zero-order valence-corrected chi connectivity index (χ0v) is 40.9. The van der Waals surface area contributed by atoms with Crippen LogP contribution in [0.4, 0.5) is 0 Å². The molecule has 2 fully saturated rings. The van der Waals surface area contributed by atoms with Crippen LogP contribution in [0.3, 0.4) is 0 Å². The number of fused-ring (bicyclic) bond motifs is 23. The van der Waals surface area contributed by atoms with Crippen molar-refractivity contribution in [2.75, 3.05) is 0 Å². The minimum atomic E-state index is -0.313. The molecule has 0 aliphatic heterocycles. The first-order valence-corrected chi connectivity index (χ1v) is 26.6. The molecular weight excluding hydrogens is 877 g/mol. The molecule has 17 rings (SSSR count). The molecule has 4 atom stereocenters. The molecule has 344 valence electrons. The Kier molecular flexibility index (Phi) is 8.82. The second kappa shape index (κ2) is 15.6. The SMILES string of the molecule is Cc1ccc(-c2cccc3c2C2CC2c2ccccc2-3)cc1.c1ccc2c(c1)-c1cccc(-c3ccc(Cc4ccc5c(c4)C4(c6ccccc6-c6ccccc64)c4ccccc4-5)c4ccccc34)c1C1CC21. The normalized spacial score (nSPS) is 18.5. The molecule has 11 aromatic rings. The molecule has 1 spiro atoms. The number of rotatable bonds is 4. The van der Waals surface area contributed by atoms with Gasteiger partial charge in [0.15, 0.2) is 0 Å². The second-order valence-corrected chi connectivity index (χ2v) is 21.7. The Morgan fingerprint density at radius 1 is 0.329 bits per heavy atom. The lowest BCUT2D eigenvalue weighted by Gasteiger charge is -2.30. The van der Waals surface area contributed by atoms with Crippen LogP contribution in [-0.2, 0) is 11.8 Å². The average molecular weight is 929 g/mol. The van der Waals surface area contributed by atoms with Crippen LogP contribution in [0.2, 0.25) is 0 Å². The standard InChI is InChI=1S/C51H34.C22H18/c1-2-13-34-33(12-1)32(25-27-37(34)43-20-11-19-42-35-14-3-4-15-36(35)44-30-45(44)50(42)43)28-31-24-26-41-40-18-7-10-23-48(40)51(49(41)29-31)46-21-8-5-16-38(46)39-17-6-9-22-47(39)51;1-14-9-11-15(12-10-14)16-7-4-8-19-17-5-2-3-6-18(17)20-13-21(20)22(16)19/h1-27,29,44-45H,28,30H2;2-12,20-21H,13H2,1H3. The molecule has 2 saturated carbocycles. The molecule has 6 aliphatic rings. The van der Waals surface area contributed by atoms with E-state index in [4.69, 9.17) is 0 Å². The lowest BCUT2D eigenvalue weighted by Crippen LogP contribution is -2.26. The second-order valence-electron chi connectivity index (χ2n) is 21.7. The van der Waals surface area contributed by atoms with Crippen molar-refractivity contribution in [1.82, 2.24) is 0 Å². The summed E-state index contributed by atoms with van der Waals surface area (Å²) >= 11 is 0. The summed E-state index contributed by atoms with van der Waals surface area (Å²) in [4.78, 5) is 0. The van der Waals surface area contributed by atoms with Crippen LogP contribution >= 0.6 is 0 Å². The number of benzene rings is 11. The molecule has 0 N–H and O–H groups in total. The summed E-state index contributed by atoms with van der Waals surface area (Å²) < 4.78 is 0. The van der Waals surface area contributed by atoms with Gasteiger partial charge >= 0.3 is 0 Å². The van der Waals surface area contributed by atoms with E-state index in [-0.39, 0.29) is 5.41 Å². The van der Waals surface area contributed by atoms with E-state index >= 15 is 0 Å². The lowest BCUT2D eigenvalue weighted by molar-refractivity contribution is 0.792. The summed E-state index contributed by atoms with van der Waals surface area (Å²) in [6, 6.07) is 89.4. The van der Waals surface area contributed by atoms with Crippen LogP contribution in [-0.4, -0.2) is 0 Å². The Morgan fingerprint density at radius 3 is 1.36 bits per heavy atom. The largest absolute Gasteiger partial charge is 0.0725 e. The van der Waals surface area contributed by atoms with Crippen molar-refractivity contribution in [1.29, 1.82) is 0 Å². The van der Waals surface area contributed by atoms with Crippen LogP contribution < -0.4 is 0 Å². The highest BCUT2D eigenvalue weighted by Gasteiger charge is 2.52. The van der Waals surface area contributed by atoms with Gasteiger partial charge in [-0.1, -0.05) is 242 Å². The Morgan fingerprint density at radius 2 is 0.767 bits per heavy atom. The summed E-state index contributed by atoms with van der Waals surface area (Å²) in [5, 5.41) is 2.70. The van der Waals surface area contributed by atoms with Gasteiger partial charge in [-0.3, -0.25) is 0 Å². The molecule has 6 aliphatic carbocycles. The third-order valence-electron chi connectivity index (χ3n) is 18.0. The van der Waals surface area contributed by atoms with Gasteiger partial charge in [0, 0.05) is 0 Å². The summed E-state index contributed by atoms with van der Waals surface area (Å²) in [5.41, 5.74) is 32.3. The first kappa shape index (κ1) is 41.3. The van der Waals surface area contributed by atoms with Crippen molar-refractivity contribution in [3.63, 3.8) is 0 Å². The van der Waals surface area contributed by atoms with Crippen LogP contribution in [0.25, 0.3) is 77.5 Å². The maximum atomic E-state index is 2.54. The van der Waals surface area contributed by atoms with Crippen LogP contribution in [0, 0.1) is 6.92 Å². The summed E-state index contributed by atoms with van der Waals surface area (Å²) in [6.45, 7) is 2.15.